The largest absolute Gasteiger partial charge is 0.314 e. The maximum Gasteiger partial charge on any atom is 0.0595 e. The summed E-state index contributed by atoms with van der Waals surface area (Å²) in [5.41, 5.74) is 1.33. The van der Waals surface area contributed by atoms with E-state index < -0.39 is 0 Å². The number of halogens is 2. The molecule has 0 bridgehead atoms. The first-order chi connectivity index (χ1) is 8.75. The first-order valence-electron chi connectivity index (χ1n) is 6.65. The molecule has 18 heavy (non-hydrogen) atoms. The maximum atomic E-state index is 6.16. The first-order valence-corrected chi connectivity index (χ1v) is 7.41. The smallest absolute Gasteiger partial charge is 0.0595 e. The summed E-state index contributed by atoms with van der Waals surface area (Å²) < 4.78 is 0. The van der Waals surface area contributed by atoms with Gasteiger partial charge in [0.2, 0.25) is 0 Å². The number of hydrogen-bond acceptors (Lipinski definition) is 2. The van der Waals surface area contributed by atoms with Crippen molar-refractivity contribution < 1.29 is 0 Å². The second-order valence-electron chi connectivity index (χ2n) is 5.24. The minimum absolute atomic E-state index is 0.530. The van der Waals surface area contributed by atoms with Gasteiger partial charge in [0.1, 0.15) is 0 Å². The van der Waals surface area contributed by atoms with Crippen molar-refractivity contribution in [3.05, 3.63) is 33.8 Å². The van der Waals surface area contributed by atoms with Crippen LogP contribution in [0.3, 0.4) is 0 Å². The molecule has 1 atom stereocenters. The fourth-order valence-corrected chi connectivity index (χ4v) is 3.16. The quantitative estimate of drug-likeness (QED) is 0.916. The molecular formula is C14H18Cl2N2. The lowest BCUT2D eigenvalue weighted by atomic mass is 10.00. The average Bonchev–Trinajstić information content (AvgIpc) is 3.20. The molecule has 1 aromatic rings. The van der Waals surface area contributed by atoms with E-state index >= 15 is 0 Å². The van der Waals surface area contributed by atoms with Crippen molar-refractivity contribution in [1.82, 2.24) is 10.2 Å². The lowest BCUT2D eigenvalue weighted by molar-refractivity contribution is 0.156. The summed E-state index contributed by atoms with van der Waals surface area (Å²) in [6.45, 7) is 4.43. The van der Waals surface area contributed by atoms with Gasteiger partial charge in [-0.2, -0.15) is 0 Å². The van der Waals surface area contributed by atoms with Crippen LogP contribution in [0.4, 0.5) is 0 Å². The molecule has 2 fully saturated rings. The highest BCUT2D eigenvalue weighted by Gasteiger charge is 2.36. The van der Waals surface area contributed by atoms with Crippen molar-refractivity contribution in [1.29, 1.82) is 0 Å². The number of nitrogens with one attached hydrogen (secondary N) is 1. The third kappa shape index (κ3) is 2.67. The average molecular weight is 285 g/mol. The van der Waals surface area contributed by atoms with Gasteiger partial charge in [0.15, 0.2) is 0 Å². The Morgan fingerprint density at radius 3 is 2.44 bits per heavy atom. The summed E-state index contributed by atoms with van der Waals surface area (Å²) >= 11 is 12.2. The summed E-state index contributed by atoms with van der Waals surface area (Å²) in [4.78, 5) is 2.59. The van der Waals surface area contributed by atoms with Crippen molar-refractivity contribution in [3.8, 4) is 0 Å². The highest BCUT2D eigenvalue weighted by Crippen LogP contribution is 2.45. The van der Waals surface area contributed by atoms with Crippen molar-refractivity contribution in [3.63, 3.8) is 0 Å². The van der Waals surface area contributed by atoms with E-state index in [2.05, 4.69) is 22.3 Å². The van der Waals surface area contributed by atoms with E-state index in [1.165, 1.54) is 18.4 Å². The Labute approximate surface area is 118 Å². The van der Waals surface area contributed by atoms with Gasteiger partial charge in [0, 0.05) is 32.2 Å². The lowest BCUT2D eigenvalue weighted by Gasteiger charge is -2.35. The third-order valence-corrected chi connectivity index (χ3v) is 4.64. The minimum atomic E-state index is 0.530. The standard InChI is InChI=1S/C14H18Cl2N2/c15-12-4-3-11(9-13(12)16)14(10-1-2-10)18-7-5-17-6-8-18/h3-4,9-10,14,17H,1-2,5-8H2/t14-/m0/s1. The molecule has 2 aliphatic rings. The Balaban J connectivity index is 1.85. The highest BCUT2D eigenvalue weighted by atomic mass is 35.5. The molecule has 0 aromatic heterocycles. The molecule has 0 spiro atoms. The fourth-order valence-electron chi connectivity index (χ4n) is 2.85. The summed E-state index contributed by atoms with van der Waals surface area (Å²) in [5, 5.41) is 4.74. The predicted molar refractivity (Wildman–Crippen MR) is 76.4 cm³/mol. The van der Waals surface area contributed by atoms with Crippen LogP contribution in [0, 0.1) is 5.92 Å². The molecule has 3 rings (SSSR count). The van der Waals surface area contributed by atoms with Gasteiger partial charge in [0.05, 0.1) is 10.0 Å². The Morgan fingerprint density at radius 1 is 1.11 bits per heavy atom. The Kier molecular flexibility index (Phi) is 3.81. The zero-order valence-electron chi connectivity index (χ0n) is 10.3. The number of rotatable bonds is 3. The Morgan fingerprint density at radius 2 is 1.83 bits per heavy atom. The van der Waals surface area contributed by atoms with Crippen molar-refractivity contribution in [2.75, 3.05) is 26.2 Å². The van der Waals surface area contributed by atoms with Crippen LogP contribution in [0.5, 0.6) is 0 Å². The number of nitrogens with zero attached hydrogens (tertiary/aromatic N) is 1. The van der Waals surface area contributed by atoms with E-state index in [0.717, 1.165) is 32.1 Å². The Bertz CT molecular complexity index is 426. The lowest BCUT2D eigenvalue weighted by Crippen LogP contribution is -2.45. The normalized spacial score (nSPS) is 23.0. The van der Waals surface area contributed by atoms with Crippen LogP contribution in [0.25, 0.3) is 0 Å². The molecular weight excluding hydrogens is 267 g/mol. The van der Waals surface area contributed by atoms with E-state index in [4.69, 9.17) is 23.2 Å². The van der Waals surface area contributed by atoms with Gasteiger partial charge in [-0.05, 0) is 36.5 Å². The highest BCUT2D eigenvalue weighted by molar-refractivity contribution is 6.42. The molecule has 1 aliphatic carbocycles. The van der Waals surface area contributed by atoms with Crippen molar-refractivity contribution >= 4 is 23.2 Å². The van der Waals surface area contributed by atoms with Gasteiger partial charge in [0.25, 0.3) is 0 Å². The number of piperazine rings is 1. The minimum Gasteiger partial charge on any atom is -0.314 e. The number of benzene rings is 1. The van der Waals surface area contributed by atoms with Crippen LogP contribution in [0.1, 0.15) is 24.4 Å². The molecule has 1 saturated heterocycles. The molecule has 0 amide bonds. The first kappa shape index (κ1) is 12.7. The van der Waals surface area contributed by atoms with Gasteiger partial charge in [-0.3, -0.25) is 4.90 Å². The molecule has 0 unspecified atom stereocenters. The van der Waals surface area contributed by atoms with Crippen molar-refractivity contribution in [2.24, 2.45) is 5.92 Å². The van der Waals surface area contributed by atoms with Crippen LogP contribution in [-0.4, -0.2) is 31.1 Å². The van der Waals surface area contributed by atoms with Gasteiger partial charge in [-0.15, -0.1) is 0 Å². The maximum absolute atomic E-state index is 6.16. The fraction of sp³-hybridized carbons (Fsp3) is 0.571. The van der Waals surface area contributed by atoms with E-state index in [9.17, 15) is 0 Å². The van der Waals surface area contributed by atoms with Gasteiger partial charge in [-0.1, -0.05) is 29.3 Å². The molecule has 1 aliphatic heterocycles. The van der Waals surface area contributed by atoms with Gasteiger partial charge in [-0.25, -0.2) is 0 Å². The zero-order valence-corrected chi connectivity index (χ0v) is 11.8. The molecule has 1 saturated carbocycles. The second kappa shape index (κ2) is 5.38. The predicted octanol–water partition coefficient (Wildman–Crippen LogP) is 3.35. The van der Waals surface area contributed by atoms with Crippen LogP contribution in [0.2, 0.25) is 10.0 Å². The van der Waals surface area contributed by atoms with Crippen LogP contribution in [0.15, 0.2) is 18.2 Å². The van der Waals surface area contributed by atoms with Gasteiger partial charge >= 0.3 is 0 Å². The summed E-state index contributed by atoms with van der Waals surface area (Å²) in [7, 11) is 0. The van der Waals surface area contributed by atoms with E-state index in [-0.39, 0.29) is 0 Å². The van der Waals surface area contributed by atoms with E-state index in [0.29, 0.717) is 16.1 Å². The molecule has 1 aromatic carbocycles. The zero-order chi connectivity index (χ0) is 12.5. The molecule has 1 heterocycles. The number of hydrogen-bond donors (Lipinski definition) is 1. The van der Waals surface area contributed by atoms with Gasteiger partial charge < -0.3 is 5.32 Å². The van der Waals surface area contributed by atoms with Crippen LogP contribution < -0.4 is 5.32 Å². The topological polar surface area (TPSA) is 15.3 Å². The molecule has 1 N–H and O–H groups in total. The van der Waals surface area contributed by atoms with Crippen LogP contribution >= 0.6 is 23.2 Å². The summed E-state index contributed by atoms with van der Waals surface area (Å²) in [6.07, 6.45) is 2.68. The third-order valence-electron chi connectivity index (χ3n) is 3.90. The summed E-state index contributed by atoms with van der Waals surface area (Å²) in [5.74, 6) is 0.806. The molecule has 2 nitrogen and oxygen atoms in total. The van der Waals surface area contributed by atoms with E-state index in [1.54, 1.807) is 0 Å². The second-order valence-corrected chi connectivity index (χ2v) is 6.06. The summed E-state index contributed by atoms with van der Waals surface area (Å²) in [6, 6.07) is 6.65. The van der Waals surface area contributed by atoms with E-state index in [1.807, 2.05) is 6.07 Å². The van der Waals surface area contributed by atoms with Crippen molar-refractivity contribution in [2.45, 2.75) is 18.9 Å². The Hall–Kier alpha value is -0.280. The SMILES string of the molecule is Clc1ccc([C@H](C2CC2)N2CCNCC2)cc1Cl. The monoisotopic (exact) mass is 284 g/mol. The molecule has 98 valence electrons. The molecule has 4 heteroatoms. The van der Waals surface area contributed by atoms with Crippen LogP contribution in [-0.2, 0) is 0 Å². The molecule has 0 radical (unpaired) electrons.